The quantitative estimate of drug-likeness (QED) is 0.488. The van der Waals surface area contributed by atoms with Gasteiger partial charge < -0.3 is 4.84 Å². The van der Waals surface area contributed by atoms with Crippen LogP contribution in [-0.4, -0.2) is 25.8 Å². The van der Waals surface area contributed by atoms with Crippen LogP contribution in [-0.2, 0) is 4.84 Å². The molecule has 0 radical (unpaired) electrons. The van der Waals surface area contributed by atoms with E-state index in [-0.39, 0.29) is 7.43 Å². The normalized spacial score (nSPS) is 8.57. The van der Waals surface area contributed by atoms with Crippen molar-refractivity contribution in [1.29, 1.82) is 0 Å². The van der Waals surface area contributed by atoms with Crippen molar-refractivity contribution in [3.63, 3.8) is 0 Å². The van der Waals surface area contributed by atoms with Gasteiger partial charge in [-0.15, -0.1) is 0 Å². The Hall–Kier alpha value is -0.0800. The molecule has 2 heteroatoms. The molecule has 7 heavy (non-hydrogen) atoms. The van der Waals surface area contributed by atoms with Gasteiger partial charge in [-0.25, -0.2) is 0 Å². The number of hydrogen-bond acceptors (Lipinski definition) is 2. The van der Waals surface area contributed by atoms with Gasteiger partial charge in [-0.2, -0.15) is 5.06 Å². The lowest BCUT2D eigenvalue weighted by atomic mass is 10.8. The van der Waals surface area contributed by atoms with Crippen LogP contribution in [0.2, 0.25) is 0 Å². The monoisotopic (exact) mass is 105 g/mol. The van der Waals surface area contributed by atoms with Crippen LogP contribution in [0.3, 0.4) is 0 Å². The minimum absolute atomic E-state index is 0. The zero-order chi connectivity index (χ0) is 4.99. The van der Waals surface area contributed by atoms with Gasteiger partial charge in [0.2, 0.25) is 0 Å². The van der Waals surface area contributed by atoms with E-state index in [4.69, 9.17) is 4.84 Å². The molecule has 0 aliphatic heterocycles. The van der Waals surface area contributed by atoms with Gasteiger partial charge in [-0.05, 0) is 0 Å². The van der Waals surface area contributed by atoms with E-state index in [0.717, 1.165) is 6.54 Å². The first kappa shape index (κ1) is 10.0. The molecule has 0 aromatic rings. The highest BCUT2D eigenvalue weighted by Gasteiger charge is 1.81. The average Bonchev–Trinajstić information content (AvgIpc) is 1.65. The summed E-state index contributed by atoms with van der Waals surface area (Å²) in [5.41, 5.74) is 0. The molecule has 0 aliphatic rings. The first-order valence-electron chi connectivity index (χ1n) is 2.06. The second-order valence-corrected chi connectivity index (χ2v) is 1.13. The van der Waals surface area contributed by atoms with Crippen molar-refractivity contribution < 1.29 is 4.84 Å². The van der Waals surface area contributed by atoms with Crippen LogP contribution in [0.25, 0.3) is 0 Å². The second-order valence-electron chi connectivity index (χ2n) is 1.13. The topological polar surface area (TPSA) is 12.5 Å². The summed E-state index contributed by atoms with van der Waals surface area (Å²) in [5.74, 6) is 0. The SMILES string of the molecule is C.CCN(C)OC. The number of hydroxylamine groups is 2. The fraction of sp³-hybridized carbons (Fsp3) is 1.00. The van der Waals surface area contributed by atoms with Crippen LogP contribution in [0.15, 0.2) is 0 Å². The summed E-state index contributed by atoms with van der Waals surface area (Å²) >= 11 is 0. The average molecular weight is 105 g/mol. The number of hydrogen-bond donors (Lipinski definition) is 0. The first-order chi connectivity index (χ1) is 2.81. The van der Waals surface area contributed by atoms with E-state index in [0.29, 0.717) is 0 Å². The highest BCUT2D eigenvalue weighted by molar-refractivity contribution is 4.18. The summed E-state index contributed by atoms with van der Waals surface area (Å²) in [4.78, 5) is 4.73. The summed E-state index contributed by atoms with van der Waals surface area (Å²) in [6.07, 6.45) is 0. The van der Waals surface area contributed by atoms with Gasteiger partial charge in [-0.1, -0.05) is 14.4 Å². The van der Waals surface area contributed by atoms with Gasteiger partial charge in [0, 0.05) is 13.6 Å². The number of rotatable bonds is 2. The van der Waals surface area contributed by atoms with Gasteiger partial charge in [0.05, 0.1) is 7.11 Å². The van der Waals surface area contributed by atoms with Crippen molar-refractivity contribution in [3.8, 4) is 0 Å². The Balaban J connectivity index is 0. The van der Waals surface area contributed by atoms with Crippen molar-refractivity contribution in [3.05, 3.63) is 0 Å². The van der Waals surface area contributed by atoms with Crippen LogP contribution in [0.4, 0.5) is 0 Å². The molecule has 46 valence electrons. The highest BCUT2D eigenvalue weighted by atomic mass is 16.7. The van der Waals surface area contributed by atoms with Crippen molar-refractivity contribution in [2.24, 2.45) is 0 Å². The molecule has 0 N–H and O–H groups in total. The lowest BCUT2D eigenvalue weighted by Gasteiger charge is -2.07. The second kappa shape index (κ2) is 5.92. The number of nitrogens with zero attached hydrogens (tertiary/aromatic N) is 1. The first-order valence-corrected chi connectivity index (χ1v) is 2.06. The standard InChI is InChI=1S/C4H11NO.CH4/c1-4-5(2)6-3;/h4H2,1-3H3;1H4. The largest absolute Gasteiger partial charge is 0.303 e. The zero-order valence-corrected chi connectivity index (χ0v) is 4.56. The summed E-state index contributed by atoms with van der Waals surface area (Å²) in [6, 6.07) is 0. The van der Waals surface area contributed by atoms with Crippen LogP contribution in [0.5, 0.6) is 0 Å². The molecule has 0 aromatic carbocycles. The van der Waals surface area contributed by atoms with Crippen LogP contribution < -0.4 is 0 Å². The summed E-state index contributed by atoms with van der Waals surface area (Å²) in [5, 5.41) is 1.75. The van der Waals surface area contributed by atoms with E-state index in [1.807, 2.05) is 14.0 Å². The molecular weight excluding hydrogens is 90.1 g/mol. The molecule has 0 aliphatic carbocycles. The molecule has 2 nitrogen and oxygen atoms in total. The molecule has 0 amide bonds. The smallest absolute Gasteiger partial charge is 0.0575 e. The van der Waals surface area contributed by atoms with Crippen molar-refractivity contribution in [2.75, 3.05) is 20.7 Å². The van der Waals surface area contributed by atoms with E-state index in [9.17, 15) is 0 Å². The zero-order valence-electron chi connectivity index (χ0n) is 4.56. The van der Waals surface area contributed by atoms with Crippen molar-refractivity contribution in [1.82, 2.24) is 5.06 Å². The Morgan fingerprint density at radius 2 is 2.00 bits per heavy atom. The fourth-order valence-electron chi connectivity index (χ4n) is 0.129. The predicted molar refractivity (Wildman–Crippen MR) is 32.0 cm³/mol. The summed E-state index contributed by atoms with van der Waals surface area (Å²) in [6.45, 7) is 2.97. The van der Waals surface area contributed by atoms with Gasteiger partial charge in [0.15, 0.2) is 0 Å². The minimum Gasteiger partial charge on any atom is -0.303 e. The molecule has 0 spiro atoms. The molecule has 0 atom stereocenters. The Labute approximate surface area is 46.0 Å². The van der Waals surface area contributed by atoms with Gasteiger partial charge in [0.1, 0.15) is 0 Å². The summed E-state index contributed by atoms with van der Waals surface area (Å²) in [7, 11) is 3.55. The molecular formula is C5H15NO. The van der Waals surface area contributed by atoms with Gasteiger partial charge in [-0.3, -0.25) is 0 Å². The van der Waals surface area contributed by atoms with Crippen molar-refractivity contribution in [2.45, 2.75) is 14.4 Å². The van der Waals surface area contributed by atoms with E-state index in [2.05, 4.69) is 0 Å². The van der Waals surface area contributed by atoms with E-state index < -0.39 is 0 Å². The maximum Gasteiger partial charge on any atom is 0.0575 e. The predicted octanol–water partition coefficient (Wildman–Crippen LogP) is 1.14. The van der Waals surface area contributed by atoms with Crippen LogP contribution in [0.1, 0.15) is 14.4 Å². The minimum atomic E-state index is 0. The molecule has 0 fully saturated rings. The van der Waals surface area contributed by atoms with E-state index in [1.54, 1.807) is 12.2 Å². The molecule has 0 saturated heterocycles. The third kappa shape index (κ3) is 5.92. The maximum atomic E-state index is 4.73. The van der Waals surface area contributed by atoms with Gasteiger partial charge in [0.25, 0.3) is 0 Å². The lowest BCUT2D eigenvalue weighted by Crippen LogP contribution is -2.14. The Kier molecular flexibility index (Phi) is 8.47. The van der Waals surface area contributed by atoms with Crippen LogP contribution in [0, 0.1) is 0 Å². The third-order valence-electron chi connectivity index (χ3n) is 0.757. The molecule has 0 aromatic heterocycles. The molecule has 0 bridgehead atoms. The van der Waals surface area contributed by atoms with E-state index in [1.165, 1.54) is 0 Å². The van der Waals surface area contributed by atoms with Gasteiger partial charge >= 0.3 is 0 Å². The van der Waals surface area contributed by atoms with E-state index >= 15 is 0 Å². The molecule has 0 heterocycles. The summed E-state index contributed by atoms with van der Waals surface area (Å²) < 4.78 is 0. The Bertz CT molecular complexity index is 27.3. The molecule has 0 saturated carbocycles. The Morgan fingerprint density at radius 1 is 1.57 bits per heavy atom. The van der Waals surface area contributed by atoms with Crippen LogP contribution >= 0.6 is 0 Å². The molecule has 0 rings (SSSR count). The maximum absolute atomic E-state index is 4.73. The van der Waals surface area contributed by atoms with Crippen molar-refractivity contribution >= 4 is 0 Å². The third-order valence-corrected chi connectivity index (χ3v) is 0.757. The lowest BCUT2D eigenvalue weighted by molar-refractivity contribution is -0.104. The Morgan fingerprint density at radius 3 is 2.00 bits per heavy atom. The highest BCUT2D eigenvalue weighted by Crippen LogP contribution is 1.74. The molecule has 0 unspecified atom stereocenters. The fourth-order valence-corrected chi connectivity index (χ4v) is 0.129.